The fourth-order valence-electron chi connectivity index (χ4n) is 0.812. The summed E-state index contributed by atoms with van der Waals surface area (Å²) >= 11 is 0. The van der Waals surface area contributed by atoms with Crippen molar-refractivity contribution in [3.05, 3.63) is 17.6 Å². The second-order valence-electron chi connectivity index (χ2n) is 2.38. The van der Waals surface area contributed by atoms with E-state index in [1.165, 1.54) is 13.3 Å². The maximum absolute atomic E-state index is 11.2. The first-order chi connectivity index (χ1) is 6.15. The second-order valence-corrected chi connectivity index (χ2v) is 2.38. The Kier molecular flexibility index (Phi) is 2.76. The number of rotatable bonds is 2. The Balaban J connectivity index is 2.95. The molecule has 6 nitrogen and oxygen atoms in total. The topological polar surface area (TPSA) is 90.1 Å². The minimum Gasteiger partial charge on any atom is -0.382 e. The molecular formula is C7H10N4O2. The maximum atomic E-state index is 11.2. The van der Waals surface area contributed by atoms with Crippen LogP contribution in [0.4, 0.5) is 5.82 Å². The number of nitrogens with one attached hydrogen (secondary N) is 1. The van der Waals surface area contributed by atoms with Gasteiger partial charge in [-0.1, -0.05) is 0 Å². The van der Waals surface area contributed by atoms with Gasteiger partial charge < -0.3 is 5.73 Å². The van der Waals surface area contributed by atoms with Crippen molar-refractivity contribution < 1.29 is 9.63 Å². The normalized spacial score (nSPS) is 9.69. The van der Waals surface area contributed by atoms with Gasteiger partial charge in [0, 0.05) is 6.20 Å². The van der Waals surface area contributed by atoms with Gasteiger partial charge in [0.15, 0.2) is 11.5 Å². The van der Waals surface area contributed by atoms with E-state index in [4.69, 9.17) is 5.73 Å². The zero-order valence-corrected chi connectivity index (χ0v) is 7.37. The van der Waals surface area contributed by atoms with E-state index >= 15 is 0 Å². The van der Waals surface area contributed by atoms with Gasteiger partial charge in [0.2, 0.25) is 0 Å². The standard InChI is InChI=1S/C7H10N4O2/c1-4-3-9-5(6(8)10-4)7(12)11-13-2/h3H,1-2H3,(H2,8,10)(H,11,12). The molecule has 1 aromatic rings. The molecule has 0 saturated carbocycles. The lowest BCUT2D eigenvalue weighted by molar-refractivity contribution is 0.0533. The van der Waals surface area contributed by atoms with E-state index in [1.807, 2.05) is 0 Å². The van der Waals surface area contributed by atoms with Crippen LogP contribution in [0.25, 0.3) is 0 Å². The Morgan fingerprint density at radius 2 is 2.38 bits per heavy atom. The molecule has 1 aromatic heterocycles. The summed E-state index contributed by atoms with van der Waals surface area (Å²) in [5.41, 5.74) is 8.28. The molecule has 0 aliphatic rings. The van der Waals surface area contributed by atoms with Gasteiger partial charge in [-0.2, -0.15) is 0 Å². The van der Waals surface area contributed by atoms with Crippen molar-refractivity contribution in [1.29, 1.82) is 0 Å². The number of nitrogens with zero attached hydrogens (tertiary/aromatic N) is 2. The first-order valence-electron chi connectivity index (χ1n) is 3.57. The first kappa shape index (κ1) is 9.40. The van der Waals surface area contributed by atoms with Gasteiger partial charge >= 0.3 is 0 Å². The number of aryl methyl sites for hydroxylation is 1. The average molecular weight is 182 g/mol. The second kappa shape index (κ2) is 3.81. The maximum Gasteiger partial charge on any atom is 0.297 e. The highest BCUT2D eigenvalue weighted by Gasteiger charge is 2.11. The molecule has 1 rings (SSSR count). The molecule has 0 unspecified atom stereocenters. The Morgan fingerprint density at radius 3 is 2.92 bits per heavy atom. The van der Waals surface area contributed by atoms with Crippen LogP contribution in [0.1, 0.15) is 16.2 Å². The van der Waals surface area contributed by atoms with Gasteiger partial charge in [0.25, 0.3) is 5.91 Å². The number of aromatic nitrogens is 2. The Bertz CT molecular complexity index is 326. The summed E-state index contributed by atoms with van der Waals surface area (Å²) < 4.78 is 0. The van der Waals surface area contributed by atoms with Crippen LogP contribution >= 0.6 is 0 Å². The fourth-order valence-corrected chi connectivity index (χ4v) is 0.812. The van der Waals surface area contributed by atoms with Crippen LogP contribution in [0.15, 0.2) is 6.20 Å². The van der Waals surface area contributed by atoms with Crippen molar-refractivity contribution in [2.24, 2.45) is 0 Å². The van der Waals surface area contributed by atoms with E-state index in [2.05, 4.69) is 20.3 Å². The SMILES string of the molecule is CONC(=O)c1ncc(C)nc1N. The molecule has 3 N–H and O–H groups in total. The summed E-state index contributed by atoms with van der Waals surface area (Å²) in [6.07, 6.45) is 1.46. The molecule has 1 heterocycles. The highest BCUT2D eigenvalue weighted by Crippen LogP contribution is 2.04. The largest absolute Gasteiger partial charge is 0.382 e. The van der Waals surface area contributed by atoms with Crippen molar-refractivity contribution in [3.8, 4) is 0 Å². The van der Waals surface area contributed by atoms with Gasteiger partial charge in [-0.05, 0) is 6.92 Å². The molecule has 0 aromatic carbocycles. The lowest BCUT2D eigenvalue weighted by Crippen LogP contribution is -2.24. The van der Waals surface area contributed by atoms with Crippen molar-refractivity contribution in [2.75, 3.05) is 12.8 Å². The monoisotopic (exact) mass is 182 g/mol. The van der Waals surface area contributed by atoms with Gasteiger partial charge in [-0.15, -0.1) is 0 Å². The predicted octanol–water partition coefficient (Wildman–Crippen LogP) is -0.342. The zero-order chi connectivity index (χ0) is 9.84. The summed E-state index contributed by atoms with van der Waals surface area (Å²) in [6, 6.07) is 0. The lowest BCUT2D eigenvalue weighted by atomic mass is 10.4. The smallest absolute Gasteiger partial charge is 0.297 e. The molecule has 0 aliphatic carbocycles. The molecule has 0 fully saturated rings. The van der Waals surface area contributed by atoms with Crippen LogP contribution in [0, 0.1) is 6.92 Å². The van der Waals surface area contributed by atoms with Crippen LogP contribution < -0.4 is 11.2 Å². The van der Waals surface area contributed by atoms with E-state index in [0.717, 1.165) is 0 Å². The molecule has 1 amide bonds. The molecule has 0 radical (unpaired) electrons. The highest BCUT2D eigenvalue weighted by molar-refractivity contribution is 5.95. The zero-order valence-electron chi connectivity index (χ0n) is 7.37. The summed E-state index contributed by atoms with van der Waals surface area (Å²) in [5, 5.41) is 0. The summed E-state index contributed by atoms with van der Waals surface area (Å²) in [7, 11) is 1.33. The van der Waals surface area contributed by atoms with Crippen LogP contribution in [0.5, 0.6) is 0 Å². The van der Waals surface area contributed by atoms with Gasteiger partial charge in [-0.25, -0.2) is 15.4 Å². The average Bonchev–Trinajstić information content (AvgIpc) is 2.04. The van der Waals surface area contributed by atoms with E-state index in [-0.39, 0.29) is 11.5 Å². The molecule has 13 heavy (non-hydrogen) atoms. The lowest BCUT2D eigenvalue weighted by Gasteiger charge is -2.03. The third-order valence-corrected chi connectivity index (χ3v) is 1.33. The Hall–Kier alpha value is -1.69. The molecule has 6 heteroatoms. The molecule has 0 spiro atoms. The molecular weight excluding hydrogens is 172 g/mol. The van der Waals surface area contributed by atoms with E-state index in [9.17, 15) is 4.79 Å². The number of carbonyl (C=O) groups excluding carboxylic acids is 1. The number of anilines is 1. The summed E-state index contributed by atoms with van der Waals surface area (Å²) in [5.74, 6) is -0.415. The first-order valence-corrected chi connectivity index (χ1v) is 3.57. The van der Waals surface area contributed by atoms with Crippen LogP contribution in [-0.4, -0.2) is 23.0 Å². The number of hydrogen-bond donors (Lipinski definition) is 2. The molecule has 0 aliphatic heterocycles. The number of hydroxylamine groups is 1. The Labute approximate surface area is 75.1 Å². The third-order valence-electron chi connectivity index (χ3n) is 1.33. The van der Waals surface area contributed by atoms with Gasteiger partial charge in [0.1, 0.15) is 0 Å². The summed E-state index contributed by atoms with van der Waals surface area (Å²) in [4.78, 5) is 23.3. The highest BCUT2D eigenvalue weighted by atomic mass is 16.6. The van der Waals surface area contributed by atoms with Crippen molar-refractivity contribution in [2.45, 2.75) is 6.92 Å². The van der Waals surface area contributed by atoms with E-state index in [1.54, 1.807) is 6.92 Å². The van der Waals surface area contributed by atoms with E-state index in [0.29, 0.717) is 5.69 Å². The minimum absolute atomic E-state index is 0.0625. The number of carbonyl (C=O) groups is 1. The van der Waals surface area contributed by atoms with Crippen LogP contribution in [-0.2, 0) is 4.84 Å². The number of nitrogens with two attached hydrogens (primary N) is 1. The van der Waals surface area contributed by atoms with E-state index < -0.39 is 5.91 Å². The quantitative estimate of drug-likeness (QED) is 0.610. The van der Waals surface area contributed by atoms with Gasteiger partial charge in [-0.3, -0.25) is 9.63 Å². The van der Waals surface area contributed by atoms with Crippen LogP contribution in [0.2, 0.25) is 0 Å². The number of hydrogen-bond acceptors (Lipinski definition) is 5. The van der Waals surface area contributed by atoms with Crippen molar-refractivity contribution in [1.82, 2.24) is 15.4 Å². The van der Waals surface area contributed by atoms with Crippen molar-refractivity contribution in [3.63, 3.8) is 0 Å². The Morgan fingerprint density at radius 1 is 1.69 bits per heavy atom. The van der Waals surface area contributed by atoms with Gasteiger partial charge in [0.05, 0.1) is 12.8 Å². The molecule has 70 valence electrons. The van der Waals surface area contributed by atoms with Crippen LogP contribution in [0.3, 0.4) is 0 Å². The molecule has 0 atom stereocenters. The molecule has 0 saturated heterocycles. The number of nitrogen functional groups attached to an aromatic ring is 1. The molecule has 0 bridgehead atoms. The third kappa shape index (κ3) is 2.12. The fraction of sp³-hybridized carbons (Fsp3) is 0.286. The predicted molar refractivity (Wildman–Crippen MR) is 45.7 cm³/mol. The number of amides is 1. The minimum atomic E-state index is -0.507. The summed E-state index contributed by atoms with van der Waals surface area (Å²) in [6.45, 7) is 1.74. The van der Waals surface area contributed by atoms with Crippen molar-refractivity contribution >= 4 is 11.7 Å².